The molecule has 1 aromatic carbocycles. The van der Waals surface area contributed by atoms with E-state index < -0.39 is 5.60 Å². The van der Waals surface area contributed by atoms with Gasteiger partial charge in [0.05, 0.1) is 25.8 Å². The lowest BCUT2D eigenvalue weighted by atomic mass is 9.96. The van der Waals surface area contributed by atoms with Gasteiger partial charge in [-0.1, -0.05) is 29.3 Å². The second-order valence-electron chi connectivity index (χ2n) is 7.72. The summed E-state index contributed by atoms with van der Waals surface area (Å²) in [6.07, 6.45) is 1.93. The zero-order chi connectivity index (χ0) is 17.5. The molecule has 24 heavy (non-hydrogen) atoms. The number of hydrogen-bond donors (Lipinski definition) is 0. The maximum Gasteiger partial charge on any atom is 0.410 e. The van der Waals surface area contributed by atoms with Crippen LogP contribution in [0.2, 0.25) is 10.0 Å². The Morgan fingerprint density at radius 3 is 2.50 bits per heavy atom. The summed E-state index contributed by atoms with van der Waals surface area (Å²) in [5.74, 6) is 0. The molecular formula is C18H23Cl2NO3. The Morgan fingerprint density at radius 1 is 1.29 bits per heavy atom. The van der Waals surface area contributed by atoms with Crippen molar-refractivity contribution >= 4 is 29.3 Å². The van der Waals surface area contributed by atoms with Gasteiger partial charge in [0.25, 0.3) is 0 Å². The molecule has 1 aliphatic carbocycles. The number of likely N-dealkylation sites (tertiary alicyclic amines) is 1. The van der Waals surface area contributed by atoms with Crippen molar-refractivity contribution in [1.82, 2.24) is 4.90 Å². The van der Waals surface area contributed by atoms with Gasteiger partial charge in [0.15, 0.2) is 0 Å². The van der Waals surface area contributed by atoms with Gasteiger partial charge in [-0.15, -0.1) is 0 Å². The Hall–Kier alpha value is -0.970. The zero-order valence-corrected chi connectivity index (χ0v) is 15.8. The number of ether oxygens (including phenoxy) is 2. The second-order valence-corrected chi connectivity index (χ2v) is 8.57. The highest BCUT2D eigenvalue weighted by atomic mass is 35.5. The van der Waals surface area contributed by atoms with E-state index in [1.165, 1.54) is 0 Å². The number of benzene rings is 1. The Labute approximate surface area is 153 Å². The van der Waals surface area contributed by atoms with E-state index in [0.29, 0.717) is 29.7 Å². The van der Waals surface area contributed by atoms with Crippen LogP contribution in [0.3, 0.4) is 0 Å². The monoisotopic (exact) mass is 371 g/mol. The number of rotatable bonds is 4. The molecule has 1 saturated carbocycles. The number of halogens is 2. The molecule has 0 N–H and O–H groups in total. The summed E-state index contributed by atoms with van der Waals surface area (Å²) >= 11 is 12.3. The van der Waals surface area contributed by atoms with E-state index in [1.54, 1.807) is 11.0 Å². The number of carbonyl (C=O) groups is 1. The molecular weight excluding hydrogens is 349 g/mol. The minimum Gasteiger partial charge on any atom is -0.444 e. The minimum atomic E-state index is -0.466. The SMILES string of the molecule is CC(C)(C)OC(=O)N1CC(OCC2(c3ccc(Cl)cc3Cl)CC2)C1. The van der Waals surface area contributed by atoms with Gasteiger partial charge in [-0.25, -0.2) is 4.79 Å². The summed E-state index contributed by atoms with van der Waals surface area (Å²) in [6, 6.07) is 5.65. The van der Waals surface area contributed by atoms with E-state index in [-0.39, 0.29) is 17.6 Å². The van der Waals surface area contributed by atoms with Crippen molar-refractivity contribution in [3.8, 4) is 0 Å². The molecule has 0 bridgehead atoms. The first-order valence-electron chi connectivity index (χ1n) is 8.24. The zero-order valence-electron chi connectivity index (χ0n) is 14.3. The van der Waals surface area contributed by atoms with Crippen molar-refractivity contribution in [2.45, 2.75) is 50.7 Å². The van der Waals surface area contributed by atoms with Crippen LogP contribution in [0.4, 0.5) is 4.79 Å². The van der Waals surface area contributed by atoms with Crippen LogP contribution in [0.1, 0.15) is 39.2 Å². The van der Waals surface area contributed by atoms with Gasteiger partial charge in [0.1, 0.15) is 5.60 Å². The highest BCUT2D eigenvalue weighted by Gasteiger charge is 2.47. The third kappa shape index (κ3) is 3.98. The molecule has 0 unspecified atom stereocenters. The van der Waals surface area contributed by atoms with Crippen molar-refractivity contribution in [2.75, 3.05) is 19.7 Å². The van der Waals surface area contributed by atoms with Crippen LogP contribution >= 0.6 is 23.2 Å². The van der Waals surface area contributed by atoms with Crippen LogP contribution in [0.5, 0.6) is 0 Å². The van der Waals surface area contributed by atoms with Crippen molar-refractivity contribution < 1.29 is 14.3 Å². The third-order valence-electron chi connectivity index (χ3n) is 4.45. The molecule has 4 nitrogen and oxygen atoms in total. The molecule has 3 rings (SSSR count). The number of amides is 1. The average molecular weight is 372 g/mol. The van der Waals surface area contributed by atoms with Gasteiger partial charge in [0.2, 0.25) is 0 Å². The predicted octanol–water partition coefficient (Wildman–Crippen LogP) is 4.66. The second kappa shape index (κ2) is 6.40. The van der Waals surface area contributed by atoms with Crippen LogP contribution in [-0.2, 0) is 14.9 Å². The van der Waals surface area contributed by atoms with Gasteiger partial charge in [-0.2, -0.15) is 0 Å². The molecule has 0 atom stereocenters. The summed E-state index contributed by atoms with van der Waals surface area (Å²) in [7, 11) is 0. The molecule has 132 valence electrons. The van der Waals surface area contributed by atoms with E-state index in [0.717, 1.165) is 18.4 Å². The molecule has 0 spiro atoms. The maximum absolute atomic E-state index is 11.9. The normalized spacial score (nSPS) is 19.8. The summed E-state index contributed by atoms with van der Waals surface area (Å²) in [6.45, 7) is 7.39. The molecule has 6 heteroatoms. The quantitative estimate of drug-likeness (QED) is 0.772. The van der Waals surface area contributed by atoms with Crippen molar-refractivity contribution in [3.63, 3.8) is 0 Å². The van der Waals surface area contributed by atoms with Crippen LogP contribution < -0.4 is 0 Å². The number of carbonyl (C=O) groups excluding carboxylic acids is 1. The van der Waals surface area contributed by atoms with Gasteiger partial charge in [-0.3, -0.25) is 0 Å². The van der Waals surface area contributed by atoms with Gasteiger partial charge >= 0.3 is 6.09 Å². The lowest BCUT2D eigenvalue weighted by molar-refractivity contribution is -0.0682. The molecule has 1 heterocycles. The smallest absolute Gasteiger partial charge is 0.410 e. The summed E-state index contributed by atoms with van der Waals surface area (Å²) in [5, 5.41) is 1.35. The standard InChI is InChI=1S/C18H23Cl2NO3/c1-17(2,3)24-16(22)21-9-13(10-21)23-11-18(6-7-18)14-5-4-12(19)8-15(14)20/h4-5,8,13H,6-7,9-11H2,1-3H3. The first-order valence-corrected chi connectivity index (χ1v) is 8.99. The average Bonchev–Trinajstić information content (AvgIpc) is 3.15. The van der Waals surface area contributed by atoms with E-state index in [2.05, 4.69) is 0 Å². The number of hydrogen-bond acceptors (Lipinski definition) is 3. The Morgan fingerprint density at radius 2 is 1.96 bits per heavy atom. The Kier molecular flexibility index (Phi) is 4.75. The van der Waals surface area contributed by atoms with Crippen molar-refractivity contribution in [2.24, 2.45) is 0 Å². The molecule has 0 radical (unpaired) electrons. The van der Waals surface area contributed by atoms with Crippen LogP contribution in [-0.4, -0.2) is 42.4 Å². The first kappa shape index (κ1) is 17.8. The van der Waals surface area contributed by atoms with E-state index in [4.69, 9.17) is 32.7 Å². The molecule has 2 fully saturated rings. The minimum absolute atomic E-state index is 0.00795. The maximum atomic E-state index is 11.9. The third-order valence-corrected chi connectivity index (χ3v) is 5.00. The fourth-order valence-electron chi connectivity index (χ4n) is 2.86. The fraction of sp³-hybridized carbons (Fsp3) is 0.611. The van der Waals surface area contributed by atoms with Crippen LogP contribution in [0.25, 0.3) is 0 Å². The molecule has 1 saturated heterocycles. The first-order chi connectivity index (χ1) is 11.2. The lowest BCUT2D eigenvalue weighted by Crippen LogP contribution is -2.56. The molecule has 2 aliphatic rings. The Bertz CT molecular complexity index is 632. The molecule has 1 amide bonds. The highest BCUT2D eigenvalue weighted by molar-refractivity contribution is 6.35. The van der Waals surface area contributed by atoms with E-state index >= 15 is 0 Å². The molecule has 0 aromatic heterocycles. The van der Waals surface area contributed by atoms with E-state index in [1.807, 2.05) is 32.9 Å². The molecule has 1 aromatic rings. The van der Waals surface area contributed by atoms with Gasteiger partial charge in [0, 0.05) is 15.5 Å². The number of nitrogens with zero attached hydrogens (tertiary/aromatic N) is 1. The topological polar surface area (TPSA) is 38.8 Å². The molecule has 1 aliphatic heterocycles. The highest BCUT2D eigenvalue weighted by Crippen LogP contribution is 2.51. The Balaban J connectivity index is 1.49. The summed E-state index contributed by atoms with van der Waals surface area (Å²) in [4.78, 5) is 13.6. The van der Waals surface area contributed by atoms with E-state index in [9.17, 15) is 4.79 Å². The predicted molar refractivity (Wildman–Crippen MR) is 94.9 cm³/mol. The van der Waals surface area contributed by atoms with Gasteiger partial charge in [-0.05, 0) is 51.3 Å². The van der Waals surface area contributed by atoms with Gasteiger partial charge < -0.3 is 14.4 Å². The largest absolute Gasteiger partial charge is 0.444 e. The fourth-order valence-corrected chi connectivity index (χ4v) is 3.47. The van der Waals surface area contributed by atoms with Crippen molar-refractivity contribution in [1.29, 1.82) is 0 Å². The summed E-state index contributed by atoms with van der Waals surface area (Å²) < 4.78 is 11.4. The van der Waals surface area contributed by atoms with Crippen LogP contribution in [0, 0.1) is 0 Å². The van der Waals surface area contributed by atoms with Crippen LogP contribution in [0.15, 0.2) is 18.2 Å². The lowest BCUT2D eigenvalue weighted by Gasteiger charge is -2.40. The summed E-state index contributed by atoms with van der Waals surface area (Å²) in [5.41, 5.74) is 0.650. The van der Waals surface area contributed by atoms with Crippen molar-refractivity contribution in [3.05, 3.63) is 33.8 Å².